The van der Waals surface area contributed by atoms with Gasteiger partial charge in [-0.05, 0) is 24.6 Å². The number of aromatic carboxylic acids is 1. The maximum atomic E-state index is 12.2. The van der Waals surface area contributed by atoms with Crippen molar-refractivity contribution in [1.29, 1.82) is 0 Å². The lowest BCUT2D eigenvalue weighted by molar-refractivity contribution is 0.0697. The van der Waals surface area contributed by atoms with E-state index in [-0.39, 0.29) is 10.5 Å². The number of hydrogen-bond donors (Lipinski definition) is 3. The summed E-state index contributed by atoms with van der Waals surface area (Å²) in [4.78, 5) is 11.3. The van der Waals surface area contributed by atoms with E-state index in [0.717, 1.165) is 19.3 Å². The standard InChI is InChI=1S/C15H24N2O5S/c1-3-4-5-8-17-23(20,21)12-6-7-14(16-9-10-22-2)13(11-12)15(18)19/h6-7,11,16-17H,3-5,8-10H2,1-2H3,(H,18,19). The first-order valence-electron chi connectivity index (χ1n) is 7.52. The lowest BCUT2D eigenvalue weighted by Gasteiger charge is -2.12. The number of ether oxygens (including phenoxy) is 1. The summed E-state index contributed by atoms with van der Waals surface area (Å²) in [5.41, 5.74) is 0.275. The highest BCUT2D eigenvalue weighted by molar-refractivity contribution is 7.89. The molecule has 23 heavy (non-hydrogen) atoms. The van der Waals surface area contributed by atoms with Crippen LogP contribution in [0.4, 0.5) is 5.69 Å². The first-order valence-corrected chi connectivity index (χ1v) is 9.00. The van der Waals surface area contributed by atoms with Crippen molar-refractivity contribution in [2.24, 2.45) is 0 Å². The first-order chi connectivity index (χ1) is 10.9. The molecule has 0 heterocycles. The van der Waals surface area contributed by atoms with E-state index >= 15 is 0 Å². The number of hydrogen-bond acceptors (Lipinski definition) is 5. The average Bonchev–Trinajstić information content (AvgIpc) is 2.52. The zero-order valence-corrected chi connectivity index (χ0v) is 14.3. The molecule has 0 unspecified atom stereocenters. The summed E-state index contributed by atoms with van der Waals surface area (Å²) < 4.78 is 31.8. The number of benzene rings is 1. The molecule has 0 aliphatic rings. The van der Waals surface area contributed by atoms with Crippen molar-refractivity contribution in [3.05, 3.63) is 23.8 Å². The van der Waals surface area contributed by atoms with Gasteiger partial charge in [0.25, 0.3) is 0 Å². The molecule has 8 heteroatoms. The molecule has 0 amide bonds. The highest BCUT2D eigenvalue weighted by Crippen LogP contribution is 2.20. The SMILES string of the molecule is CCCCCNS(=O)(=O)c1ccc(NCCOC)c(C(=O)O)c1. The molecule has 0 spiro atoms. The Bertz CT molecular complexity index is 616. The van der Waals surface area contributed by atoms with Gasteiger partial charge in [-0.1, -0.05) is 19.8 Å². The number of carboxylic acid groups (broad SMARTS) is 1. The minimum absolute atomic E-state index is 0.0521. The Labute approximate surface area is 137 Å². The molecule has 0 saturated carbocycles. The molecule has 0 radical (unpaired) electrons. The van der Waals surface area contributed by atoms with Gasteiger partial charge in [0, 0.05) is 25.9 Å². The summed E-state index contributed by atoms with van der Waals surface area (Å²) in [6.07, 6.45) is 2.68. The third kappa shape index (κ3) is 6.17. The normalized spacial score (nSPS) is 11.4. The van der Waals surface area contributed by atoms with Crippen molar-refractivity contribution in [2.75, 3.05) is 32.1 Å². The van der Waals surface area contributed by atoms with Crippen LogP contribution in [0, 0.1) is 0 Å². The van der Waals surface area contributed by atoms with Gasteiger partial charge >= 0.3 is 5.97 Å². The minimum atomic E-state index is -3.70. The van der Waals surface area contributed by atoms with Gasteiger partial charge in [-0.25, -0.2) is 17.9 Å². The highest BCUT2D eigenvalue weighted by Gasteiger charge is 2.18. The molecule has 130 valence electrons. The molecule has 0 atom stereocenters. The Hall–Kier alpha value is -1.64. The highest BCUT2D eigenvalue weighted by atomic mass is 32.2. The van der Waals surface area contributed by atoms with Crippen LogP contribution in [0.25, 0.3) is 0 Å². The van der Waals surface area contributed by atoms with Crippen LogP contribution in [-0.2, 0) is 14.8 Å². The lowest BCUT2D eigenvalue weighted by atomic mass is 10.2. The minimum Gasteiger partial charge on any atom is -0.478 e. The van der Waals surface area contributed by atoms with Crippen LogP contribution in [0.15, 0.2) is 23.1 Å². The summed E-state index contributed by atoms with van der Waals surface area (Å²) >= 11 is 0. The van der Waals surface area contributed by atoms with Crippen LogP contribution < -0.4 is 10.0 Å². The third-order valence-corrected chi connectivity index (χ3v) is 4.68. The lowest BCUT2D eigenvalue weighted by Crippen LogP contribution is -2.25. The van der Waals surface area contributed by atoms with Crippen LogP contribution in [0.3, 0.4) is 0 Å². The molecule has 0 bridgehead atoms. The Balaban J connectivity index is 2.91. The molecule has 3 N–H and O–H groups in total. The number of sulfonamides is 1. The predicted octanol–water partition coefficient (Wildman–Crippen LogP) is 1.91. The van der Waals surface area contributed by atoms with E-state index in [0.29, 0.717) is 25.4 Å². The number of anilines is 1. The maximum Gasteiger partial charge on any atom is 0.337 e. The van der Waals surface area contributed by atoms with E-state index < -0.39 is 16.0 Å². The van der Waals surface area contributed by atoms with Crippen LogP contribution in [0.5, 0.6) is 0 Å². The van der Waals surface area contributed by atoms with Crippen molar-refractivity contribution in [3.8, 4) is 0 Å². The van der Waals surface area contributed by atoms with E-state index in [4.69, 9.17) is 4.74 Å². The molecular weight excluding hydrogens is 320 g/mol. The van der Waals surface area contributed by atoms with Crippen LogP contribution in [0.2, 0.25) is 0 Å². The molecule has 0 fully saturated rings. The van der Waals surface area contributed by atoms with Crippen LogP contribution in [0.1, 0.15) is 36.5 Å². The van der Waals surface area contributed by atoms with Gasteiger partial charge in [-0.15, -0.1) is 0 Å². The van der Waals surface area contributed by atoms with Gasteiger partial charge in [-0.3, -0.25) is 0 Å². The number of rotatable bonds is 11. The van der Waals surface area contributed by atoms with Crippen LogP contribution >= 0.6 is 0 Å². The van der Waals surface area contributed by atoms with E-state index in [1.165, 1.54) is 18.2 Å². The van der Waals surface area contributed by atoms with E-state index in [1.807, 2.05) is 6.92 Å². The molecule has 1 aromatic rings. The van der Waals surface area contributed by atoms with Crippen molar-refractivity contribution in [3.63, 3.8) is 0 Å². The fourth-order valence-electron chi connectivity index (χ4n) is 1.97. The first kappa shape index (κ1) is 19.4. The Morgan fingerprint density at radius 3 is 2.61 bits per heavy atom. The second-order valence-corrected chi connectivity index (χ2v) is 6.80. The second kappa shape index (κ2) is 9.49. The molecule has 0 aliphatic carbocycles. The number of carbonyl (C=O) groups is 1. The summed E-state index contributed by atoms with van der Waals surface area (Å²) in [6, 6.07) is 4.02. The monoisotopic (exact) mass is 344 g/mol. The van der Waals surface area contributed by atoms with Crippen molar-refractivity contribution < 1.29 is 23.1 Å². The molecule has 0 aliphatic heterocycles. The third-order valence-electron chi connectivity index (χ3n) is 3.23. The summed E-state index contributed by atoms with van der Waals surface area (Å²) in [5, 5.41) is 12.2. The number of nitrogens with one attached hydrogen (secondary N) is 2. The molecular formula is C15H24N2O5S. The van der Waals surface area contributed by atoms with Crippen molar-refractivity contribution in [2.45, 2.75) is 31.1 Å². The smallest absolute Gasteiger partial charge is 0.337 e. The fourth-order valence-corrected chi connectivity index (χ4v) is 3.07. The van der Waals surface area contributed by atoms with Gasteiger partial charge in [-0.2, -0.15) is 0 Å². The van der Waals surface area contributed by atoms with Gasteiger partial charge in [0.2, 0.25) is 10.0 Å². The molecule has 0 saturated heterocycles. The Morgan fingerprint density at radius 1 is 1.26 bits per heavy atom. The van der Waals surface area contributed by atoms with Crippen LogP contribution in [-0.4, -0.2) is 46.3 Å². The van der Waals surface area contributed by atoms with Gasteiger partial charge in [0.1, 0.15) is 0 Å². The predicted molar refractivity (Wildman–Crippen MR) is 88.5 cm³/mol. The molecule has 1 rings (SSSR count). The van der Waals surface area contributed by atoms with Gasteiger partial charge in [0.05, 0.1) is 17.1 Å². The quantitative estimate of drug-likeness (QED) is 0.530. The van der Waals surface area contributed by atoms with E-state index in [2.05, 4.69) is 10.0 Å². The summed E-state index contributed by atoms with van der Waals surface area (Å²) in [6.45, 7) is 3.21. The number of unbranched alkanes of at least 4 members (excludes halogenated alkanes) is 2. The van der Waals surface area contributed by atoms with E-state index in [1.54, 1.807) is 7.11 Å². The van der Waals surface area contributed by atoms with Gasteiger partial charge < -0.3 is 15.2 Å². The largest absolute Gasteiger partial charge is 0.478 e. The fraction of sp³-hybridized carbons (Fsp3) is 0.533. The summed E-state index contributed by atoms with van der Waals surface area (Å²) in [5.74, 6) is -1.19. The number of methoxy groups -OCH3 is 1. The Kier molecular flexibility index (Phi) is 8.01. The zero-order chi connectivity index (χ0) is 17.3. The van der Waals surface area contributed by atoms with Crippen molar-refractivity contribution >= 4 is 21.7 Å². The van der Waals surface area contributed by atoms with Crippen molar-refractivity contribution in [1.82, 2.24) is 4.72 Å². The molecule has 7 nitrogen and oxygen atoms in total. The molecule has 1 aromatic carbocycles. The second-order valence-electron chi connectivity index (χ2n) is 5.04. The zero-order valence-electron chi connectivity index (χ0n) is 13.5. The average molecular weight is 344 g/mol. The summed E-state index contributed by atoms with van der Waals surface area (Å²) in [7, 11) is -2.16. The maximum absolute atomic E-state index is 12.2. The topological polar surface area (TPSA) is 105 Å². The molecule has 0 aromatic heterocycles. The van der Waals surface area contributed by atoms with Gasteiger partial charge in [0.15, 0.2) is 0 Å². The number of carboxylic acids is 1. The van der Waals surface area contributed by atoms with E-state index in [9.17, 15) is 18.3 Å². The Morgan fingerprint density at radius 2 is 2.00 bits per heavy atom.